The van der Waals surface area contributed by atoms with Crippen LogP contribution in [0.15, 0.2) is 57.0 Å². The first-order chi connectivity index (χ1) is 15.6. The second-order valence-electron chi connectivity index (χ2n) is 7.57. The van der Waals surface area contributed by atoms with Gasteiger partial charge in [-0.15, -0.1) is 11.3 Å². The highest BCUT2D eigenvalue weighted by molar-refractivity contribution is 7.99. The van der Waals surface area contributed by atoms with E-state index < -0.39 is 0 Å². The van der Waals surface area contributed by atoms with E-state index in [1.807, 2.05) is 12.1 Å². The van der Waals surface area contributed by atoms with Crippen molar-refractivity contribution in [2.45, 2.75) is 37.4 Å². The van der Waals surface area contributed by atoms with Gasteiger partial charge in [0.05, 0.1) is 34.7 Å². The summed E-state index contributed by atoms with van der Waals surface area (Å²) in [6, 6.07) is 10.7. The first kappa shape index (κ1) is 21.3. The maximum absolute atomic E-state index is 13.5. The predicted octanol–water partition coefficient (Wildman–Crippen LogP) is 5.36. The average molecular weight is 486 g/mol. The summed E-state index contributed by atoms with van der Waals surface area (Å²) in [5.41, 5.74) is 1.64. The molecule has 0 atom stereocenters. The molecule has 0 saturated heterocycles. The minimum absolute atomic E-state index is 0.0696. The van der Waals surface area contributed by atoms with Gasteiger partial charge in [0.25, 0.3) is 5.56 Å². The van der Waals surface area contributed by atoms with Gasteiger partial charge < -0.3 is 9.73 Å². The molecule has 4 aromatic rings. The Labute approximate surface area is 197 Å². The van der Waals surface area contributed by atoms with E-state index in [4.69, 9.17) is 21.0 Å². The van der Waals surface area contributed by atoms with Crippen LogP contribution in [-0.4, -0.2) is 21.2 Å². The van der Waals surface area contributed by atoms with Crippen molar-refractivity contribution in [2.75, 3.05) is 11.1 Å². The van der Waals surface area contributed by atoms with Crippen molar-refractivity contribution in [1.82, 2.24) is 9.55 Å². The van der Waals surface area contributed by atoms with Crippen LogP contribution < -0.4 is 10.9 Å². The molecule has 9 heteroatoms. The quantitative estimate of drug-likeness (QED) is 0.294. The number of para-hydroxylation sites is 1. The molecule has 6 nitrogen and oxygen atoms in total. The molecule has 0 fully saturated rings. The molecule has 1 N–H and O–H groups in total. The third-order valence-electron chi connectivity index (χ3n) is 5.41. The number of halogens is 1. The first-order valence-corrected chi connectivity index (χ1v) is 12.5. The maximum Gasteiger partial charge on any atom is 0.263 e. The second kappa shape index (κ2) is 9.13. The number of aryl methyl sites for hydroxylation is 2. The Morgan fingerprint density at radius 1 is 1.22 bits per heavy atom. The number of fused-ring (bicyclic) bond motifs is 3. The van der Waals surface area contributed by atoms with E-state index in [-0.39, 0.29) is 23.8 Å². The topological polar surface area (TPSA) is 77.1 Å². The number of carbonyl (C=O) groups excluding carboxylic acids is 1. The number of amides is 1. The normalized spacial score (nSPS) is 13.3. The summed E-state index contributed by atoms with van der Waals surface area (Å²) in [5.74, 6) is 0.555. The van der Waals surface area contributed by atoms with Gasteiger partial charge in [-0.25, -0.2) is 4.98 Å². The Morgan fingerprint density at radius 3 is 2.88 bits per heavy atom. The van der Waals surface area contributed by atoms with Crippen LogP contribution in [0.2, 0.25) is 5.02 Å². The van der Waals surface area contributed by atoms with Gasteiger partial charge in [0.15, 0.2) is 5.16 Å². The summed E-state index contributed by atoms with van der Waals surface area (Å²) >= 11 is 8.98. The molecule has 5 rings (SSSR count). The Morgan fingerprint density at radius 2 is 2.06 bits per heavy atom. The highest BCUT2D eigenvalue weighted by atomic mass is 35.5. The van der Waals surface area contributed by atoms with Crippen molar-refractivity contribution in [3.63, 3.8) is 0 Å². The van der Waals surface area contributed by atoms with Crippen molar-refractivity contribution < 1.29 is 9.21 Å². The van der Waals surface area contributed by atoms with Crippen molar-refractivity contribution in [2.24, 2.45) is 0 Å². The Bertz CT molecular complexity index is 1340. The van der Waals surface area contributed by atoms with Crippen LogP contribution >= 0.6 is 34.7 Å². The van der Waals surface area contributed by atoms with Crippen molar-refractivity contribution in [3.8, 4) is 0 Å². The minimum Gasteiger partial charge on any atom is -0.467 e. The molecule has 1 aliphatic carbocycles. The molecule has 3 heterocycles. The lowest BCUT2D eigenvalue weighted by molar-refractivity contribution is -0.113. The third kappa shape index (κ3) is 4.22. The van der Waals surface area contributed by atoms with Crippen LogP contribution in [0.4, 0.5) is 5.69 Å². The summed E-state index contributed by atoms with van der Waals surface area (Å²) in [7, 11) is 0. The van der Waals surface area contributed by atoms with Gasteiger partial charge in [-0.3, -0.25) is 14.2 Å². The first-order valence-electron chi connectivity index (χ1n) is 10.3. The number of rotatable bonds is 6. The van der Waals surface area contributed by atoms with Crippen LogP contribution in [0.3, 0.4) is 0 Å². The van der Waals surface area contributed by atoms with Gasteiger partial charge >= 0.3 is 0 Å². The zero-order chi connectivity index (χ0) is 22.1. The Balaban J connectivity index is 1.47. The molecule has 164 valence electrons. The summed E-state index contributed by atoms with van der Waals surface area (Å²) in [6.45, 7) is 0.272. The number of hydrogen-bond acceptors (Lipinski definition) is 6. The van der Waals surface area contributed by atoms with Crippen LogP contribution in [0.5, 0.6) is 0 Å². The molecular formula is C23H20ClN3O3S2. The van der Waals surface area contributed by atoms with E-state index in [1.54, 1.807) is 46.4 Å². The molecule has 0 spiro atoms. The minimum atomic E-state index is -0.215. The predicted molar refractivity (Wildman–Crippen MR) is 129 cm³/mol. The number of thioether (sulfide) groups is 1. The van der Waals surface area contributed by atoms with Crippen molar-refractivity contribution in [3.05, 3.63) is 74.2 Å². The van der Waals surface area contributed by atoms with E-state index in [9.17, 15) is 9.59 Å². The number of benzene rings is 1. The summed E-state index contributed by atoms with van der Waals surface area (Å²) in [4.78, 5) is 32.9. The smallest absolute Gasteiger partial charge is 0.263 e. The molecule has 0 unspecified atom stereocenters. The van der Waals surface area contributed by atoms with Gasteiger partial charge in [0.2, 0.25) is 5.91 Å². The van der Waals surface area contributed by atoms with Crippen molar-refractivity contribution in [1.29, 1.82) is 0 Å². The van der Waals surface area contributed by atoms with Gasteiger partial charge in [0.1, 0.15) is 10.6 Å². The number of furan rings is 1. The SMILES string of the molecule is O=C(CSc1nc2sc3c(c2c(=O)n1Cc1ccco1)CCCC3)Nc1ccccc1Cl. The molecule has 0 aliphatic heterocycles. The molecule has 0 bridgehead atoms. The van der Waals surface area contributed by atoms with E-state index in [0.29, 0.717) is 21.6 Å². The zero-order valence-corrected chi connectivity index (χ0v) is 19.5. The highest BCUT2D eigenvalue weighted by Gasteiger charge is 2.23. The lowest BCUT2D eigenvalue weighted by Crippen LogP contribution is -2.25. The Kier molecular flexibility index (Phi) is 6.08. The van der Waals surface area contributed by atoms with Crippen LogP contribution in [0.25, 0.3) is 10.2 Å². The van der Waals surface area contributed by atoms with Crippen LogP contribution in [0, 0.1) is 0 Å². The molecule has 1 amide bonds. The van der Waals surface area contributed by atoms with Gasteiger partial charge in [-0.05, 0) is 55.5 Å². The second-order valence-corrected chi connectivity index (χ2v) is 10.0. The summed E-state index contributed by atoms with van der Waals surface area (Å²) < 4.78 is 7.10. The fourth-order valence-electron chi connectivity index (χ4n) is 3.91. The highest BCUT2D eigenvalue weighted by Crippen LogP contribution is 2.35. The third-order valence-corrected chi connectivity index (χ3v) is 7.91. The number of aromatic nitrogens is 2. The van der Waals surface area contributed by atoms with Crippen molar-refractivity contribution >= 4 is 56.5 Å². The lowest BCUT2D eigenvalue weighted by Gasteiger charge is -2.13. The zero-order valence-electron chi connectivity index (χ0n) is 17.1. The van der Waals surface area contributed by atoms with Crippen LogP contribution in [0.1, 0.15) is 29.0 Å². The summed E-state index contributed by atoms with van der Waals surface area (Å²) in [6.07, 6.45) is 5.73. The number of anilines is 1. The molecule has 1 aromatic carbocycles. The molecule has 3 aromatic heterocycles. The average Bonchev–Trinajstić information content (AvgIpc) is 3.43. The number of carbonyl (C=O) groups is 1. The number of nitrogens with one attached hydrogen (secondary N) is 1. The number of thiophene rings is 1. The maximum atomic E-state index is 13.5. The van der Waals surface area contributed by atoms with E-state index in [0.717, 1.165) is 41.5 Å². The fraction of sp³-hybridized carbons (Fsp3) is 0.261. The monoisotopic (exact) mass is 485 g/mol. The molecule has 32 heavy (non-hydrogen) atoms. The number of hydrogen-bond donors (Lipinski definition) is 1. The standard InChI is InChI=1S/C23H20ClN3O3S2/c24-16-8-2-3-9-17(16)25-19(28)13-31-23-26-21-20(15-7-1-4-10-18(15)32-21)22(29)27(23)12-14-6-5-11-30-14/h2-3,5-6,8-9,11H,1,4,7,10,12-13H2,(H,25,28). The van der Waals surface area contributed by atoms with Gasteiger partial charge in [-0.1, -0.05) is 35.5 Å². The fourth-order valence-corrected chi connectivity index (χ4v) is 6.19. The number of nitrogens with zero attached hydrogens (tertiary/aromatic N) is 2. The lowest BCUT2D eigenvalue weighted by atomic mass is 9.97. The Hall–Kier alpha value is -2.55. The van der Waals surface area contributed by atoms with Gasteiger partial charge in [0, 0.05) is 4.88 Å². The van der Waals surface area contributed by atoms with E-state index in [2.05, 4.69) is 5.32 Å². The van der Waals surface area contributed by atoms with Crippen LogP contribution in [-0.2, 0) is 24.2 Å². The molecule has 0 saturated carbocycles. The summed E-state index contributed by atoms with van der Waals surface area (Å²) in [5, 5.41) is 4.52. The molecule has 1 aliphatic rings. The largest absolute Gasteiger partial charge is 0.467 e. The van der Waals surface area contributed by atoms with E-state index >= 15 is 0 Å². The van der Waals surface area contributed by atoms with Gasteiger partial charge in [-0.2, -0.15) is 0 Å². The van der Waals surface area contributed by atoms with E-state index in [1.165, 1.54) is 16.6 Å². The molecular weight excluding hydrogens is 466 g/mol. The molecule has 0 radical (unpaired) electrons.